The quantitative estimate of drug-likeness (QED) is 0.771. The number of nitrogens with zero attached hydrogens (tertiary/aromatic N) is 1. The van der Waals surface area contributed by atoms with Crippen molar-refractivity contribution in [3.8, 4) is 0 Å². The molecule has 0 saturated carbocycles. The molecular formula is C16H16N2O2. The maximum Gasteiger partial charge on any atom is 0.272 e. The van der Waals surface area contributed by atoms with E-state index in [4.69, 9.17) is 4.42 Å². The first kappa shape index (κ1) is 12.5. The summed E-state index contributed by atoms with van der Waals surface area (Å²) in [5, 5.41) is 2.96. The molecule has 0 spiro atoms. The van der Waals surface area contributed by atoms with Crippen molar-refractivity contribution in [3.63, 3.8) is 0 Å². The molecule has 0 aliphatic rings. The van der Waals surface area contributed by atoms with Gasteiger partial charge in [-0.05, 0) is 31.0 Å². The number of carbonyl (C=O) groups excluding carboxylic acids is 1. The second-order valence-electron chi connectivity index (χ2n) is 4.96. The first-order chi connectivity index (χ1) is 9.58. The minimum absolute atomic E-state index is 0.132. The zero-order valence-corrected chi connectivity index (χ0v) is 11.7. The SMILES string of the molecule is Cc1cccc(NC(=O)c2cc3occc3n2C)c1C. The summed E-state index contributed by atoms with van der Waals surface area (Å²) < 4.78 is 7.15. The smallest absolute Gasteiger partial charge is 0.272 e. The number of anilines is 1. The number of fused-ring (bicyclic) bond motifs is 1. The predicted molar refractivity (Wildman–Crippen MR) is 79.1 cm³/mol. The van der Waals surface area contributed by atoms with Crippen LogP contribution in [-0.2, 0) is 7.05 Å². The van der Waals surface area contributed by atoms with E-state index < -0.39 is 0 Å². The Morgan fingerprint density at radius 3 is 2.80 bits per heavy atom. The summed E-state index contributed by atoms with van der Waals surface area (Å²) in [6, 6.07) is 9.49. The van der Waals surface area contributed by atoms with E-state index in [9.17, 15) is 4.79 Å². The second kappa shape index (κ2) is 4.56. The van der Waals surface area contributed by atoms with E-state index in [1.165, 1.54) is 0 Å². The molecule has 0 fully saturated rings. The Kier molecular flexibility index (Phi) is 2.86. The minimum Gasteiger partial charge on any atom is -0.463 e. The van der Waals surface area contributed by atoms with Crippen LogP contribution in [0.4, 0.5) is 5.69 Å². The number of hydrogen-bond acceptors (Lipinski definition) is 2. The fourth-order valence-electron chi connectivity index (χ4n) is 2.34. The highest BCUT2D eigenvalue weighted by Gasteiger charge is 2.15. The van der Waals surface area contributed by atoms with E-state index in [2.05, 4.69) is 5.32 Å². The fourth-order valence-corrected chi connectivity index (χ4v) is 2.34. The highest BCUT2D eigenvalue weighted by atomic mass is 16.3. The molecule has 0 bridgehead atoms. The maximum absolute atomic E-state index is 12.4. The molecular weight excluding hydrogens is 252 g/mol. The fraction of sp³-hybridized carbons (Fsp3) is 0.188. The van der Waals surface area contributed by atoms with E-state index in [0.29, 0.717) is 5.69 Å². The van der Waals surface area contributed by atoms with Gasteiger partial charge in [0.25, 0.3) is 5.91 Å². The Hall–Kier alpha value is -2.49. The van der Waals surface area contributed by atoms with Crippen molar-refractivity contribution in [2.24, 2.45) is 7.05 Å². The second-order valence-corrected chi connectivity index (χ2v) is 4.96. The van der Waals surface area contributed by atoms with Gasteiger partial charge in [-0.2, -0.15) is 0 Å². The van der Waals surface area contributed by atoms with Gasteiger partial charge in [0.2, 0.25) is 0 Å². The Bertz CT molecular complexity index is 796. The van der Waals surface area contributed by atoms with Gasteiger partial charge in [-0.1, -0.05) is 12.1 Å². The molecule has 0 aliphatic heterocycles. The van der Waals surface area contributed by atoms with Crippen molar-refractivity contribution in [3.05, 3.63) is 53.4 Å². The lowest BCUT2D eigenvalue weighted by molar-refractivity contribution is 0.101. The van der Waals surface area contributed by atoms with Gasteiger partial charge in [-0.3, -0.25) is 4.79 Å². The Balaban J connectivity index is 1.95. The van der Waals surface area contributed by atoms with Crippen molar-refractivity contribution in [1.29, 1.82) is 0 Å². The number of benzene rings is 1. The summed E-state index contributed by atoms with van der Waals surface area (Å²) in [4.78, 5) is 12.4. The van der Waals surface area contributed by atoms with Crippen LogP contribution in [0.15, 0.2) is 41.0 Å². The van der Waals surface area contributed by atoms with Gasteiger partial charge in [-0.25, -0.2) is 0 Å². The standard InChI is InChI=1S/C16H16N2O2/c1-10-5-4-6-12(11(10)2)17-16(19)14-9-15-13(18(14)3)7-8-20-15/h4-9H,1-3H3,(H,17,19). The minimum atomic E-state index is -0.132. The summed E-state index contributed by atoms with van der Waals surface area (Å²) >= 11 is 0. The number of nitrogens with one attached hydrogen (secondary N) is 1. The van der Waals surface area contributed by atoms with Crippen LogP contribution in [0.5, 0.6) is 0 Å². The van der Waals surface area contributed by atoms with Crippen molar-refractivity contribution in [2.75, 3.05) is 5.32 Å². The van der Waals surface area contributed by atoms with E-state index in [1.54, 1.807) is 12.3 Å². The highest BCUT2D eigenvalue weighted by Crippen LogP contribution is 2.22. The van der Waals surface area contributed by atoms with Crippen LogP contribution in [0.25, 0.3) is 11.1 Å². The van der Waals surface area contributed by atoms with Gasteiger partial charge < -0.3 is 14.3 Å². The van der Waals surface area contributed by atoms with Gasteiger partial charge in [0.15, 0.2) is 5.58 Å². The molecule has 3 aromatic rings. The van der Waals surface area contributed by atoms with Crippen LogP contribution in [0.1, 0.15) is 21.6 Å². The molecule has 4 heteroatoms. The molecule has 0 atom stereocenters. The lowest BCUT2D eigenvalue weighted by Gasteiger charge is -2.10. The molecule has 1 N–H and O–H groups in total. The van der Waals surface area contributed by atoms with Crippen LogP contribution < -0.4 is 5.32 Å². The number of rotatable bonds is 2. The van der Waals surface area contributed by atoms with Gasteiger partial charge >= 0.3 is 0 Å². The third kappa shape index (κ3) is 1.90. The van der Waals surface area contributed by atoms with Crippen LogP contribution in [-0.4, -0.2) is 10.5 Å². The summed E-state index contributed by atoms with van der Waals surface area (Å²) in [5.74, 6) is -0.132. The number of carbonyl (C=O) groups is 1. The zero-order valence-electron chi connectivity index (χ0n) is 11.7. The van der Waals surface area contributed by atoms with Crippen molar-refractivity contribution >= 4 is 22.7 Å². The molecule has 1 amide bonds. The molecule has 0 unspecified atom stereocenters. The molecule has 102 valence electrons. The van der Waals surface area contributed by atoms with Crippen LogP contribution in [0.3, 0.4) is 0 Å². The van der Waals surface area contributed by atoms with Crippen LogP contribution in [0.2, 0.25) is 0 Å². The lowest BCUT2D eigenvalue weighted by atomic mass is 10.1. The molecule has 3 rings (SSSR count). The zero-order chi connectivity index (χ0) is 14.3. The molecule has 2 heterocycles. The van der Waals surface area contributed by atoms with Gasteiger partial charge in [0.1, 0.15) is 5.69 Å². The molecule has 4 nitrogen and oxygen atoms in total. The maximum atomic E-state index is 12.4. The third-order valence-corrected chi connectivity index (χ3v) is 3.75. The van der Waals surface area contributed by atoms with Gasteiger partial charge in [0, 0.05) is 24.9 Å². The monoisotopic (exact) mass is 268 g/mol. The Morgan fingerprint density at radius 1 is 1.25 bits per heavy atom. The van der Waals surface area contributed by atoms with E-state index in [-0.39, 0.29) is 5.91 Å². The molecule has 1 aromatic carbocycles. The van der Waals surface area contributed by atoms with E-state index in [1.807, 2.05) is 49.7 Å². The third-order valence-electron chi connectivity index (χ3n) is 3.75. The predicted octanol–water partition coefficient (Wildman–Crippen LogP) is 3.64. The molecule has 20 heavy (non-hydrogen) atoms. The summed E-state index contributed by atoms with van der Waals surface area (Å²) in [7, 11) is 1.86. The first-order valence-electron chi connectivity index (χ1n) is 6.48. The van der Waals surface area contributed by atoms with Crippen molar-refractivity contribution in [1.82, 2.24) is 4.57 Å². The molecule has 2 aromatic heterocycles. The summed E-state index contributed by atoms with van der Waals surface area (Å²) in [5.41, 5.74) is 5.30. The lowest BCUT2D eigenvalue weighted by Crippen LogP contribution is -2.16. The summed E-state index contributed by atoms with van der Waals surface area (Å²) in [6.07, 6.45) is 1.62. The molecule has 0 saturated heterocycles. The normalized spacial score (nSPS) is 10.9. The van der Waals surface area contributed by atoms with Crippen molar-refractivity contribution in [2.45, 2.75) is 13.8 Å². The van der Waals surface area contributed by atoms with E-state index >= 15 is 0 Å². The largest absolute Gasteiger partial charge is 0.463 e. The van der Waals surface area contributed by atoms with E-state index in [0.717, 1.165) is 27.9 Å². The topological polar surface area (TPSA) is 47.2 Å². The van der Waals surface area contributed by atoms with Crippen LogP contribution in [0, 0.1) is 13.8 Å². The first-order valence-corrected chi connectivity index (χ1v) is 6.48. The highest BCUT2D eigenvalue weighted by molar-refractivity contribution is 6.06. The Labute approximate surface area is 117 Å². The van der Waals surface area contributed by atoms with Gasteiger partial charge in [-0.15, -0.1) is 0 Å². The molecule has 0 radical (unpaired) electrons. The molecule has 0 aliphatic carbocycles. The summed E-state index contributed by atoms with van der Waals surface area (Å²) in [6.45, 7) is 4.03. The average Bonchev–Trinajstić information content (AvgIpc) is 2.98. The average molecular weight is 268 g/mol. The van der Waals surface area contributed by atoms with Gasteiger partial charge in [0.05, 0.1) is 11.8 Å². The number of aromatic nitrogens is 1. The Morgan fingerprint density at radius 2 is 2.05 bits per heavy atom. The number of aryl methyl sites for hydroxylation is 2. The van der Waals surface area contributed by atoms with Crippen molar-refractivity contribution < 1.29 is 9.21 Å². The number of hydrogen-bond donors (Lipinski definition) is 1. The number of amides is 1. The number of furan rings is 1. The van der Waals surface area contributed by atoms with Crippen LogP contribution >= 0.6 is 0 Å².